The van der Waals surface area contributed by atoms with Crippen LogP contribution >= 0.6 is 0 Å². The Morgan fingerprint density at radius 2 is 1.68 bits per heavy atom. The van der Waals surface area contributed by atoms with Crippen LogP contribution in [0.5, 0.6) is 0 Å². The van der Waals surface area contributed by atoms with Crippen LogP contribution < -0.4 is 10.7 Å². The van der Waals surface area contributed by atoms with Crippen molar-refractivity contribution in [2.45, 2.75) is 20.3 Å². The molecule has 0 aliphatic heterocycles. The lowest BCUT2D eigenvalue weighted by Gasteiger charge is -2.11. The van der Waals surface area contributed by atoms with E-state index >= 15 is 0 Å². The molecular weight excluding hydrogens is 238 g/mol. The van der Waals surface area contributed by atoms with Gasteiger partial charge in [0, 0.05) is 30.0 Å². The van der Waals surface area contributed by atoms with E-state index < -0.39 is 0 Å². The summed E-state index contributed by atoms with van der Waals surface area (Å²) in [6.07, 6.45) is 0.436. The second kappa shape index (κ2) is 6.09. The standard InChI is InChI=1S/C15H19N3O/c1-12-8-9-13(2)18(12)17-15(19)10-11-16-14-6-4-3-5-7-14/h3-9,16H,10-11H2,1-2H3,(H,17,19). The molecule has 100 valence electrons. The zero-order valence-electron chi connectivity index (χ0n) is 11.3. The number of anilines is 1. The molecule has 19 heavy (non-hydrogen) atoms. The van der Waals surface area contributed by atoms with Gasteiger partial charge in [-0.1, -0.05) is 18.2 Å². The monoisotopic (exact) mass is 257 g/mol. The Bertz CT molecular complexity index is 526. The summed E-state index contributed by atoms with van der Waals surface area (Å²) in [5.41, 5.74) is 5.97. The fraction of sp³-hybridized carbons (Fsp3) is 0.267. The van der Waals surface area contributed by atoms with Gasteiger partial charge in [0.1, 0.15) is 0 Å². The largest absolute Gasteiger partial charge is 0.385 e. The first kappa shape index (κ1) is 13.2. The van der Waals surface area contributed by atoms with E-state index in [1.807, 2.05) is 61.0 Å². The van der Waals surface area contributed by atoms with E-state index in [0.717, 1.165) is 17.1 Å². The quantitative estimate of drug-likeness (QED) is 0.865. The van der Waals surface area contributed by atoms with E-state index in [1.165, 1.54) is 0 Å². The Labute approximate surface area is 113 Å². The summed E-state index contributed by atoms with van der Waals surface area (Å²) >= 11 is 0. The molecule has 0 bridgehead atoms. The number of para-hydroxylation sites is 1. The number of carbonyl (C=O) groups is 1. The van der Waals surface area contributed by atoms with Gasteiger partial charge in [-0.25, -0.2) is 0 Å². The summed E-state index contributed by atoms with van der Waals surface area (Å²) in [7, 11) is 0. The van der Waals surface area contributed by atoms with Crippen LogP contribution in [-0.2, 0) is 4.79 Å². The summed E-state index contributed by atoms with van der Waals surface area (Å²) < 4.78 is 1.81. The molecule has 1 amide bonds. The van der Waals surface area contributed by atoms with Crippen LogP contribution in [0.4, 0.5) is 5.69 Å². The minimum Gasteiger partial charge on any atom is -0.385 e. The molecule has 4 heteroatoms. The van der Waals surface area contributed by atoms with Gasteiger partial charge >= 0.3 is 0 Å². The molecule has 1 aromatic heterocycles. The maximum atomic E-state index is 11.8. The molecule has 0 unspecified atom stereocenters. The van der Waals surface area contributed by atoms with Crippen molar-refractivity contribution in [1.82, 2.24) is 4.68 Å². The smallest absolute Gasteiger partial charge is 0.240 e. The fourth-order valence-corrected chi connectivity index (χ4v) is 1.90. The summed E-state index contributed by atoms with van der Waals surface area (Å²) in [4.78, 5) is 11.8. The molecule has 0 spiro atoms. The van der Waals surface area contributed by atoms with Gasteiger partial charge in [0.05, 0.1) is 0 Å². The van der Waals surface area contributed by atoms with Gasteiger partial charge in [-0.2, -0.15) is 0 Å². The lowest BCUT2D eigenvalue weighted by molar-refractivity contribution is -0.116. The zero-order chi connectivity index (χ0) is 13.7. The molecule has 0 saturated heterocycles. The second-order valence-electron chi connectivity index (χ2n) is 4.53. The first-order chi connectivity index (χ1) is 9.16. The van der Waals surface area contributed by atoms with Gasteiger partial charge in [0.2, 0.25) is 5.91 Å². The number of hydrogen-bond acceptors (Lipinski definition) is 2. The molecule has 0 radical (unpaired) electrons. The highest BCUT2D eigenvalue weighted by atomic mass is 16.2. The van der Waals surface area contributed by atoms with Gasteiger partial charge in [0.15, 0.2) is 0 Å². The van der Waals surface area contributed by atoms with E-state index in [1.54, 1.807) is 0 Å². The Hall–Kier alpha value is -2.23. The molecule has 0 saturated carbocycles. The predicted molar refractivity (Wildman–Crippen MR) is 77.8 cm³/mol. The number of amides is 1. The number of carbonyl (C=O) groups excluding carboxylic acids is 1. The van der Waals surface area contributed by atoms with E-state index in [0.29, 0.717) is 13.0 Å². The summed E-state index contributed by atoms with van der Waals surface area (Å²) in [5.74, 6) is 0.00540. The van der Waals surface area contributed by atoms with E-state index in [-0.39, 0.29) is 5.91 Å². The minimum atomic E-state index is 0.00540. The Kier molecular flexibility index (Phi) is 4.23. The predicted octanol–water partition coefficient (Wildman–Crippen LogP) is 2.68. The van der Waals surface area contributed by atoms with Gasteiger partial charge in [-0.3, -0.25) is 14.9 Å². The molecule has 0 atom stereocenters. The fourth-order valence-electron chi connectivity index (χ4n) is 1.90. The molecule has 2 rings (SSSR count). The SMILES string of the molecule is Cc1ccc(C)n1NC(=O)CCNc1ccccc1. The van der Waals surface area contributed by atoms with Gasteiger partial charge < -0.3 is 5.32 Å². The third kappa shape index (κ3) is 3.61. The summed E-state index contributed by atoms with van der Waals surface area (Å²) in [6, 6.07) is 13.8. The van der Waals surface area contributed by atoms with Crippen molar-refractivity contribution in [2.75, 3.05) is 17.3 Å². The van der Waals surface area contributed by atoms with Crippen LogP contribution in [0, 0.1) is 13.8 Å². The molecule has 2 N–H and O–H groups in total. The average molecular weight is 257 g/mol. The molecule has 2 aromatic rings. The van der Waals surface area contributed by atoms with Crippen LogP contribution in [0.2, 0.25) is 0 Å². The number of rotatable bonds is 5. The van der Waals surface area contributed by atoms with E-state index in [4.69, 9.17) is 0 Å². The number of hydrogen-bond donors (Lipinski definition) is 2. The van der Waals surface area contributed by atoms with Crippen LogP contribution in [0.15, 0.2) is 42.5 Å². The van der Waals surface area contributed by atoms with Crippen molar-refractivity contribution >= 4 is 11.6 Å². The van der Waals surface area contributed by atoms with Crippen molar-refractivity contribution in [3.8, 4) is 0 Å². The van der Waals surface area contributed by atoms with Crippen molar-refractivity contribution in [2.24, 2.45) is 0 Å². The summed E-state index contributed by atoms with van der Waals surface area (Å²) in [6.45, 7) is 4.56. The maximum Gasteiger partial charge on any atom is 0.240 e. The first-order valence-corrected chi connectivity index (χ1v) is 6.40. The summed E-state index contributed by atoms with van der Waals surface area (Å²) in [5, 5.41) is 3.21. The number of aryl methyl sites for hydroxylation is 2. The normalized spacial score (nSPS) is 10.2. The molecule has 1 aromatic carbocycles. The molecule has 1 heterocycles. The van der Waals surface area contributed by atoms with Crippen molar-refractivity contribution in [3.63, 3.8) is 0 Å². The van der Waals surface area contributed by atoms with Gasteiger partial charge in [-0.15, -0.1) is 0 Å². The number of aromatic nitrogens is 1. The van der Waals surface area contributed by atoms with Crippen LogP contribution in [0.1, 0.15) is 17.8 Å². The van der Waals surface area contributed by atoms with Crippen LogP contribution in [-0.4, -0.2) is 17.1 Å². The van der Waals surface area contributed by atoms with Crippen molar-refractivity contribution < 1.29 is 4.79 Å². The number of benzene rings is 1. The second-order valence-corrected chi connectivity index (χ2v) is 4.53. The van der Waals surface area contributed by atoms with E-state index in [9.17, 15) is 4.79 Å². The highest BCUT2D eigenvalue weighted by Gasteiger charge is 2.05. The number of nitrogens with zero attached hydrogens (tertiary/aromatic N) is 1. The van der Waals surface area contributed by atoms with Gasteiger partial charge in [-0.05, 0) is 38.1 Å². The lowest BCUT2D eigenvalue weighted by atomic mass is 10.3. The Balaban J connectivity index is 1.79. The van der Waals surface area contributed by atoms with Crippen LogP contribution in [0.25, 0.3) is 0 Å². The highest BCUT2D eigenvalue weighted by molar-refractivity contribution is 5.84. The molecule has 0 aliphatic carbocycles. The van der Waals surface area contributed by atoms with Crippen LogP contribution in [0.3, 0.4) is 0 Å². The highest BCUT2D eigenvalue weighted by Crippen LogP contribution is 2.06. The van der Waals surface area contributed by atoms with Gasteiger partial charge in [0.25, 0.3) is 0 Å². The molecule has 0 aliphatic rings. The lowest BCUT2D eigenvalue weighted by Crippen LogP contribution is -2.26. The first-order valence-electron chi connectivity index (χ1n) is 6.40. The molecular formula is C15H19N3O. The Morgan fingerprint density at radius 1 is 1.05 bits per heavy atom. The third-order valence-corrected chi connectivity index (χ3v) is 2.96. The van der Waals surface area contributed by atoms with Crippen molar-refractivity contribution in [1.29, 1.82) is 0 Å². The third-order valence-electron chi connectivity index (χ3n) is 2.96. The topological polar surface area (TPSA) is 46.1 Å². The van der Waals surface area contributed by atoms with Crippen molar-refractivity contribution in [3.05, 3.63) is 53.9 Å². The minimum absolute atomic E-state index is 0.00540. The van der Waals surface area contributed by atoms with E-state index in [2.05, 4.69) is 10.7 Å². The Morgan fingerprint density at radius 3 is 2.32 bits per heavy atom. The zero-order valence-corrected chi connectivity index (χ0v) is 11.3. The maximum absolute atomic E-state index is 11.8. The molecule has 0 fully saturated rings. The molecule has 4 nitrogen and oxygen atoms in total. The number of nitrogens with one attached hydrogen (secondary N) is 2. The average Bonchev–Trinajstić information content (AvgIpc) is 2.72.